The second-order valence-electron chi connectivity index (χ2n) is 7.75. The molecule has 0 spiro atoms. The normalized spacial score (nSPS) is 32.1. The van der Waals surface area contributed by atoms with Gasteiger partial charge in [-0.15, -0.1) is 0 Å². The molecule has 2 heteroatoms. The van der Waals surface area contributed by atoms with E-state index in [1.807, 2.05) is 0 Å². The molecule has 0 aliphatic heterocycles. The molecular formula is C22H29NO. The van der Waals surface area contributed by atoms with Crippen molar-refractivity contribution in [3.63, 3.8) is 0 Å². The molecule has 2 aliphatic rings. The standard InChI is InChI=1S/C22H29NO/c1-3-23(4-2)15-21-18-10-12-20(14-18)22(21,24)19-11-9-16-7-5-6-8-17(16)13-19/h5-9,11,13,18,20-21,24H,3-4,10,12,14-15H2,1-2H3. The van der Waals surface area contributed by atoms with E-state index in [4.69, 9.17) is 0 Å². The first-order chi connectivity index (χ1) is 11.7. The third-order valence-electron chi connectivity index (χ3n) is 6.79. The van der Waals surface area contributed by atoms with Crippen LogP contribution in [0.3, 0.4) is 0 Å². The average molecular weight is 323 g/mol. The third kappa shape index (κ3) is 2.39. The summed E-state index contributed by atoms with van der Waals surface area (Å²) < 4.78 is 0. The van der Waals surface area contributed by atoms with Crippen molar-refractivity contribution < 1.29 is 5.11 Å². The van der Waals surface area contributed by atoms with Gasteiger partial charge in [-0.2, -0.15) is 0 Å². The summed E-state index contributed by atoms with van der Waals surface area (Å²) in [7, 11) is 0. The highest BCUT2D eigenvalue weighted by molar-refractivity contribution is 5.83. The maximum atomic E-state index is 11.9. The molecule has 0 aromatic heterocycles. The van der Waals surface area contributed by atoms with Crippen LogP contribution in [0.2, 0.25) is 0 Å². The number of rotatable bonds is 5. The van der Waals surface area contributed by atoms with Gasteiger partial charge >= 0.3 is 0 Å². The number of nitrogens with zero attached hydrogens (tertiary/aromatic N) is 1. The highest BCUT2D eigenvalue weighted by atomic mass is 16.3. The van der Waals surface area contributed by atoms with Gasteiger partial charge in [0.25, 0.3) is 0 Å². The number of hydrogen-bond acceptors (Lipinski definition) is 2. The molecule has 2 bridgehead atoms. The van der Waals surface area contributed by atoms with Gasteiger partial charge in [0, 0.05) is 12.5 Å². The zero-order chi connectivity index (χ0) is 16.7. The fourth-order valence-corrected chi connectivity index (χ4v) is 5.38. The number of hydrogen-bond donors (Lipinski definition) is 1. The molecule has 0 amide bonds. The van der Waals surface area contributed by atoms with Crippen molar-refractivity contribution in [2.75, 3.05) is 19.6 Å². The summed E-state index contributed by atoms with van der Waals surface area (Å²) in [5, 5.41) is 14.4. The van der Waals surface area contributed by atoms with E-state index in [1.54, 1.807) is 0 Å². The van der Waals surface area contributed by atoms with E-state index in [9.17, 15) is 5.11 Å². The Morgan fingerprint density at radius 2 is 1.79 bits per heavy atom. The lowest BCUT2D eigenvalue weighted by molar-refractivity contribution is -0.0757. The Kier molecular flexibility index (Phi) is 4.14. The molecule has 4 unspecified atom stereocenters. The van der Waals surface area contributed by atoms with Crippen molar-refractivity contribution >= 4 is 10.8 Å². The molecule has 0 heterocycles. The summed E-state index contributed by atoms with van der Waals surface area (Å²) in [5.74, 6) is 1.49. The van der Waals surface area contributed by atoms with Gasteiger partial charge < -0.3 is 10.0 Å². The van der Waals surface area contributed by atoms with E-state index in [2.05, 4.69) is 61.2 Å². The Hall–Kier alpha value is -1.38. The van der Waals surface area contributed by atoms with E-state index in [0.717, 1.165) is 25.2 Å². The molecule has 2 aromatic rings. The van der Waals surface area contributed by atoms with Gasteiger partial charge in [-0.05, 0) is 66.6 Å². The Labute approximate surface area is 145 Å². The van der Waals surface area contributed by atoms with Crippen LogP contribution in [0.4, 0.5) is 0 Å². The second-order valence-corrected chi connectivity index (χ2v) is 7.75. The van der Waals surface area contributed by atoms with Crippen molar-refractivity contribution in [3.05, 3.63) is 48.0 Å². The zero-order valence-electron chi connectivity index (χ0n) is 14.9. The summed E-state index contributed by atoms with van der Waals surface area (Å²) in [6.07, 6.45) is 3.69. The highest BCUT2D eigenvalue weighted by Gasteiger charge is 2.58. The topological polar surface area (TPSA) is 23.5 Å². The maximum absolute atomic E-state index is 11.9. The Morgan fingerprint density at radius 3 is 2.54 bits per heavy atom. The molecule has 1 N–H and O–H groups in total. The monoisotopic (exact) mass is 323 g/mol. The predicted octanol–water partition coefficient (Wildman–Crippen LogP) is 4.42. The van der Waals surface area contributed by atoms with Crippen LogP contribution < -0.4 is 0 Å². The van der Waals surface area contributed by atoms with Crippen molar-refractivity contribution in [3.8, 4) is 0 Å². The third-order valence-corrected chi connectivity index (χ3v) is 6.79. The molecule has 4 rings (SSSR count). The molecule has 2 nitrogen and oxygen atoms in total. The zero-order valence-corrected chi connectivity index (χ0v) is 14.9. The molecule has 24 heavy (non-hydrogen) atoms. The van der Waals surface area contributed by atoms with E-state index < -0.39 is 5.60 Å². The molecule has 128 valence electrons. The van der Waals surface area contributed by atoms with Gasteiger partial charge in [-0.25, -0.2) is 0 Å². The largest absolute Gasteiger partial charge is 0.385 e. The predicted molar refractivity (Wildman–Crippen MR) is 100.0 cm³/mol. The molecule has 2 saturated carbocycles. The van der Waals surface area contributed by atoms with Gasteiger partial charge in [-0.1, -0.05) is 50.2 Å². The fraction of sp³-hybridized carbons (Fsp3) is 0.545. The maximum Gasteiger partial charge on any atom is 0.0967 e. The van der Waals surface area contributed by atoms with E-state index in [-0.39, 0.29) is 0 Å². The fourth-order valence-electron chi connectivity index (χ4n) is 5.38. The van der Waals surface area contributed by atoms with E-state index in [1.165, 1.54) is 30.0 Å². The minimum atomic E-state index is -0.643. The van der Waals surface area contributed by atoms with Crippen LogP contribution in [0.1, 0.15) is 38.7 Å². The first-order valence-electron chi connectivity index (χ1n) is 9.60. The Bertz CT molecular complexity index is 723. The van der Waals surface area contributed by atoms with Gasteiger partial charge in [0.15, 0.2) is 0 Å². The summed E-state index contributed by atoms with van der Waals surface area (Å²) in [6, 6.07) is 15.1. The quantitative estimate of drug-likeness (QED) is 0.881. The van der Waals surface area contributed by atoms with Gasteiger partial charge in [0.05, 0.1) is 5.60 Å². The molecule has 2 aliphatic carbocycles. The molecule has 0 saturated heterocycles. The van der Waals surface area contributed by atoms with Gasteiger partial charge in [0.2, 0.25) is 0 Å². The first-order valence-corrected chi connectivity index (χ1v) is 9.60. The first kappa shape index (κ1) is 16.1. The van der Waals surface area contributed by atoms with Crippen LogP contribution in [0.5, 0.6) is 0 Å². The number of fused-ring (bicyclic) bond motifs is 3. The molecule has 4 atom stereocenters. The summed E-state index contributed by atoms with van der Waals surface area (Å²) in [6.45, 7) is 7.62. The molecular weight excluding hydrogens is 294 g/mol. The van der Waals surface area contributed by atoms with Crippen molar-refractivity contribution in [1.29, 1.82) is 0 Å². The van der Waals surface area contributed by atoms with Crippen molar-refractivity contribution in [2.45, 2.75) is 38.7 Å². The van der Waals surface area contributed by atoms with Crippen LogP contribution in [0, 0.1) is 17.8 Å². The minimum Gasteiger partial charge on any atom is -0.385 e. The van der Waals surface area contributed by atoms with Crippen molar-refractivity contribution in [1.82, 2.24) is 4.90 Å². The lowest BCUT2D eigenvalue weighted by Crippen LogP contribution is -2.46. The van der Waals surface area contributed by atoms with Crippen LogP contribution >= 0.6 is 0 Å². The van der Waals surface area contributed by atoms with Crippen molar-refractivity contribution in [2.24, 2.45) is 17.8 Å². The minimum absolute atomic E-state index is 0.373. The van der Waals surface area contributed by atoms with Crippen LogP contribution in [0.25, 0.3) is 10.8 Å². The van der Waals surface area contributed by atoms with Gasteiger partial charge in [-0.3, -0.25) is 0 Å². The van der Waals surface area contributed by atoms with Crippen LogP contribution in [-0.2, 0) is 5.60 Å². The number of benzene rings is 2. The Balaban J connectivity index is 1.74. The summed E-state index contributed by atoms with van der Waals surface area (Å²) in [5.41, 5.74) is 0.501. The smallest absolute Gasteiger partial charge is 0.0967 e. The lowest BCUT2D eigenvalue weighted by atomic mass is 9.71. The van der Waals surface area contributed by atoms with Crippen LogP contribution in [-0.4, -0.2) is 29.6 Å². The van der Waals surface area contributed by atoms with Gasteiger partial charge in [0.1, 0.15) is 0 Å². The summed E-state index contributed by atoms with van der Waals surface area (Å²) >= 11 is 0. The molecule has 2 aromatic carbocycles. The second kappa shape index (κ2) is 6.16. The average Bonchev–Trinajstić information content (AvgIpc) is 3.20. The molecule has 0 radical (unpaired) electrons. The lowest BCUT2D eigenvalue weighted by Gasteiger charge is -2.42. The number of aliphatic hydroxyl groups is 1. The van der Waals surface area contributed by atoms with Crippen LogP contribution in [0.15, 0.2) is 42.5 Å². The van der Waals surface area contributed by atoms with E-state index in [0.29, 0.717) is 17.8 Å². The SMILES string of the molecule is CCN(CC)CC1C2CCC(C2)C1(O)c1ccc2ccccc2c1. The summed E-state index contributed by atoms with van der Waals surface area (Å²) in [4.78, 5) is 2.48. The molecule has 2 fully saturated rings. The Morgan fingerprint density at radius 1 is 1.04 bits per heavy atom. The highest BCUT2D eigenvalue weighted by Crippen LogP contribution is 2.59. The van der Waals surface area contributed by atoms with E-state index >= 15 is 0 Å².